The second kappa shape index (κ2) is 5.65. The van der Waals surface area contributed by atoms with Crippen LogP contribution in [0, 0.1) is 0 Å². The standard InChI is InChI=1S/C15H21OSi/c1-11(10-16-17)12(2)13-7-6-8-14(9-13)15(3,4)5/h6-9H,10H2,1-5H3. The Balaban J connectivity index is 3.12. The first-order valence-corrected chi connectivity index (χ1v) is 6.33. The third kappa shape index (κ3) is 3.82. The fraction of sp³-hybridized carbons (Fsp3) is 0.467. The van der Waals surface area contributed by atoms with Crippen molar-refractivity contribution in [2.75, 3.05) is 6.61 Å². The van der Waals surface area contributed by atoms with Crippen LogP contribution in [0.4, 0.5) is 0 Å². The molecule has 0 saturated heterocycles. The van der Waals surface area contributed by atoms with Crippen molar-refractivity contribution in [3.05, 3.63) is 41.0 Å². The van der Waals surface area contributed by atoms with E-state index in [0.717, 1.165) is 0 Å². The van der Waals surface area contributed by atoms with Crippen LogP contribution in [-0.2, 0) is 9.84 Å². The lowest BCUT2D eigenvalue weighted by Crippen LogP contribution is -2.11. The summed E-state index contributed by atoms with van der Waals surface area (Å²) >= 11 is 0. The van der Waals surface area contributed by atoms with E-state index in [2.05, 4.69) is 69.4 Å². The van der Waals surface area contributed by atoms with Gasteiger partial charge in [-0.2, -0.15) is 0 Å². The summed E-state index contributed by atoms with van der Waals surface area (Å²) in [5.41, 5.74) is 5.36. The molecule has 0 aliphatic rings. The zero-order chi connectivity index (χ0) is 13.1. The fourth-order valence-corrected chi connectivity index (χ4v) is 1.90. The minimum absolute atomic E-state index is 0.190. The van der Waals surface area contributed by atoms with Gasteiger partial charge >= 0.3 is 0 Å². The van der Waals surface area contributed by atoms with Gasteiger partial charge in [0.25, 0.3) is 0 Å². The van der Waals surface area contributed by atoms with Gasteiger partial charge in [0, 0.05) is 0 Å². The average Bonchev–Trinajstić information content (AvgIpc) is 2.27. The van der Waals surface area contributed by atoms with Crippen LogP contribution in [0.3, 0.4) is 0 Å². The van der Waals surface area contributed by atoms with Gasteiger partial charge in [0.15, 0.2) is 0 Å². The molecule has 0 amide bonds. The predicted octanol–water partition coefficient (Wildman–Crippen LogP) is 3.88. The largest absolute Gasteiger partial charge is 0.415 e. The molecule has 1 rings (SSSR count). The van der Waals surface area contributed by atoms with E-state index < -0.39 is 0 Å². The van der Waals surface area contributed by atoms with Crippen LogP contribution in [0.5, 0.6) is 0 Å². The maximum absolute atomic E-state index is 4.99. The summed E-state index contributed by atoms with van der Waals surface area (Å²) in [7, 11) is 3.05. The molecule has 0 atom stereocenters. The average molecular weight is 245 g/mol. The van der Waals surface area contributed by atoms with E-state index in [9.17, 15) is 0 Å². The van der Waals surface area contributed by atoms with Gasteiger partial charge in [-0.3, -0.25) is 0 Å². The minimum Gasteiger partial charge on any atom is -0.415 e. The third-order valence-electron chi connectivity index (χ3n) is 3.09. The van der Waals surface area contributed by atoms with Gasteiger partial charge < -0.3 is 4.43 Å². The highest BCUT2D eigenvalue weighted by molar-refractivity contribution is 5.98. The molecule has 0 spiro atoms. The summed E-state index contributed by atoms with van der Waals surface area (Å²) in [6.45, 7) is 11.6. The molecule has 3 radical (unpaired) electrons. The Morgan fingerprint density at radius 3 is 2.41 bits per heavy atom. The smallest absolute Gasteiger partial charge is 0.246 e. The molecular weight excluding hydrogens is 224 g/mol. The van der Waals surface area contributed by atoms with Crippen molar-refractivity contribution < 1.29 is 4.43 Å². The highest BCUT2D eigenvalue weighted by Gasteiger charge is 2.14. The second-order valence-electron chi connectivity index (χ2n) is 5.52. The lowest BCUT2D eigenvalue weighted by Gasteiger charge is -2.20. The first-order chi connectivity index (χ1) is 7.86. The SMILES string of the molecule is CC(CO[Si])=C(C)c1cccc(C(C)(C)C)c1. The van der Waals surface area contributed by atoms with Crippen LogP contribution in [0.25, 0.3) is 5.57 Å². The number of rotatable bonds is 3. The number of allylic oxidation sites excluding steroid dienone is 1. The molecule has 0 saturated carbocycles. The van der Waals surface area contributed by atoms with Crippen molar-refractivity contribution in [2.24, 2.45) is 0 Å². The summed E-state index contributed by atoms with van der Waals surface area (Å²) in [5, 5.41) is 0. The van der Waals surface area contributed by atoms with Gasteiger partial charge in [-0.15, -0.1) is 0 Å². The third-order valence-corrected chi connectivity index (χ3v) is 3.23. The van der Waals surface area contributed by atoms with E-state index >= 15 is 0 Å². The van der Waals surface area contributed by atoms with Crippen molar-refractivity contribution in [1.29, 1.82) is 0 Å². The topological polar surface area (TPSA) is 9.23 Å². The Labute approximate surface area is 108 Å². The highest BCUT2D eigenvalue weighted by atomic mass is 28.2. The molecule has 1 aromatic carbocycles. The van der Waals surface area contributed by atoms with Gasteiger partial charge in [-0.05, 0) is 41.5 Å². The van der Waals surface area contributed by atoms with Crippen molar-refractivity contribution in [2.45, 2.75) is 40.0 Å². The van der Waals surface area contributed by atoms with Gasteiger partial charge in [-0.1, -0.05) is 45.0 Å². The molecular formula is C15H21OSi. The van der Waals surface area contributed by atoms with Gasteiger partial charge in [0.2, 0.25) is 10.5 Å². The maximum atomic E-state index is 4.99. The first kappa shape index (κ1) is 14.2. The van der Waals surface area contributed by atoms with Gasteiger partial charge in [-0.25, -0.2) is 0 Å². The van der Waals surface area contributed by atoms with E-state index in [-0.39, 0.29) is 5.41 Å². The number of hydrogen-bond donors (Lipinski definition) is 0. The highest BCUT2D eigenvalue weighted by Crippen LogP contribution is 2.26. The summed E-state index contributed by atoms with van der Waals surface area (Å²) in [6, 6.07) is 8.74. The molecule has 0 N–H and O–H groups in total. The van der Waals surface area contributed by atoms with Crippen LogP contribution in [0.15, 0.2) is 29.8 Å². The molecule has 17 heavy (non-hydrogen) atoms. The van der Waals surface area contributed by atoms with Crippen molar-refractivity contribution in [3.8, 4) is 0 Å². The normalized spacial score (nSPS) is 13.5. The lowest BCUT2D eigenvalue weighted by molar-refractivity contribution is 0.389. The van der Waals surface area contributed by atoms with Crippen molar-refractivity contribution in [3.63, 3.8) is 0 Å². The van der Waals surface area contributed by atoms with E-state index in [1.807, 2.05) is 0 Å². The molecule has 2 heteroatoms. The number of hydrogen-bond acceptors (Lipinski definition) is 1. The molecule has 0 aromatic heterocycles. The van der Waals surface area contributed by atoms with Crippen molar-refractivity contribution in [1.82, 2.24) is 0 Å². The second-order valence-corrected chi connectivity index (χ2v) is 5.81. The molecule has 0 bridgehead atoms. The van der Waals surface area contributed by atoms with Crippen LogP contribution >= 0.6 is 0 Å². The van der Waals surface area contributed by atoms with Crippen LogP contribution in [0.2, 0.25) is 0 Å². The lowest BCUT2D eigenvalue weighted by atomic mass is 9.85. The summed E-state index contributed by atoms with van der Waals surface area (Å²) in [6.07, 6.45) is 0. The van der Waals surface area contributed by atoms with Crippen molar-refractivity contribution >= 4 is 16.1 Å². The Hall–Kier alpha value is -0.863. The zero-order valence-electron chi connectivity index (χ0n) is 11.4. The molecule has 1 nitrogen and oxygen atoms in total. The quantitative estimate of drug-likeness (QED) is 0.734. The Bertz CT molecular complexity index is 413. The summed E-state index contributed by atoms with van der Waals surface area (Å²) < 4.78 is 4.99. The predicted molar refractivity (Wildman–Crippen MR) is 75.1 cm³/mol. The molecule has 0 unspecified atom stereocenters. The molecule has 0 aliphatic heterocycles. The number of benzene rings is 1. The molecule has 0 fully saturated rings. The van der Waals surface area contributed by atoms with E-state index in [4.69, 9.17) is 4.43 Å². The first-order valence-electron chi connectivity index (χ1n) is 5.92. The molecule has 0 heterocycles. The fourth-order valence-electron chi connectivity index (χ4n) is 1.68. The van der Waals surface area contributed by atoms with Crippen LogP contribution in [-0.4, -0.2) is 17.1 Å². The van der Waals surface area contributed by atoms with E-state index in [0.29, 0.717) is 6.61 Å². The molecule has 1 aromatic rings. The summed E-state index contributed by atoms with van der Waals surface area (Å²) in [4.78, 5) is 0. The van der Waals surface area contributed by atoms with E-state index in [1.54, 1.807) is 0 Å². The molecule has 91 valence electrons. The maximum Gasteiger partial charge on any atom is 0.246 e. The zero-order valence-corrected chi connectivity index (χ0v) is 12.4. The van der Waals surface area contributed by atoms with Crippen LogP contribution in [0.1, 0.15) is 45.7 Å². The Morgan fingerprint density at radius 1 is 1.24 bits per heavy atom. The Morgan fingerprint density at radius 2 is 1.88 bits per heavy atom. The molecule has 0 aliphatic carbocycles. The van der Waals surface area contributed by atoms with E-state index in [1.165, 1.54) is 22.3 Å². The summed E-state index contributed by atoms with van der Waals surface area (Å²) in [5.74, 6) is 0. The van der Waals surface area contributed by atoms with Gasteiger partial charge in [0.05, 0.1) is 6.61 Å². The Kier molecular flexibility index (Phi) is 4.72. The van der Waals surface area contributed by atoms with Crippen LogP contribution < -0.4 is 0 Å². The van der Waals surface area contributed by atoms with Gasteiger partial charge in [0.1, 0.15) is 0 Å². The minimum atomic E-state index is 0.190. The monoisotopic (exact) mass is 245 g/mol.